The fraction of sp³-hybridized carbons (Fsp3) is 0.214. The smallest absolute Gasteiger partial charge is 0.254 e. The average molecular weight is 276 g/mol. The van der Waals surface area contributed by atoms with Crippen molar-refractivity contribution in [3.63, 3.8) is 0 Å². The second-order valence-electron chi connectivity index (χ2n) is 4.30. The monoisotopic (exact) mass is 275 g/mol. The zero-order valence-corrected chi connectivity index (χ0v) is 11.6. The van der Waals surface area contributed by atoms with Crippen LogP contribution in [-0.2, 0) is 6.54 Å². The first-order valence-electron chi connectivity index (χ1n) is 5.86. The first-order valence-corrected chi connectivity index (χ1v) is 6.23. The molecule has 0 fully saturated rings. The molecule has 0 unspecified atom stereocenters. The molecule has 0 bridgehead atoms. The molecule has 19 heavy (non-hydrogen) atoms. The number of halogens is 1. The Kier molecular flexibility index (Phi) is 4.12. The lowest BCUT2D eigenvalue weighted by Gasteiger charge is -2.17. The van der Waals surface area contributed by atoms with Crippen LogP contribution in [0.25, 0.3) is 0 Å². The summed E-state index contributed by atoms with van der Waals surface area (Å²) in [6, 6.07) is 8.93. The first-order chi connectivity index (χ1) is 9.06. The van der Waals surface area contributed by atoms with Crippen LogP contribution in [0.1, 0.15) is 21.7 Å². The number of carbonyl (C=O) groups excluding carboxylic acids is 1. The van der Waals surface area contributed by atoms with Crippen LogP contribution in [0.15, 0.2) is 36.5 Å². The van der Waals surface area contributed by atoms with Gasteiger partial charge in [-0.05, 0) is 31.2 Å². The van der Waals surface area contributed by atoms with E-state index in [4.69, 9.17) is 11.6 Å². The molecule has 0 saturated heterocycles. The van der Waals surface area contributed by atoms with Crippen molar-refractivity contribution in [3.05, 3.63) is 58.6 Å². The van der Waals surface area contributed by atoms with E-state index in [9.17, 15) is 4.79 Å². The number of rotatable bonds is 3. The maximum atomic E-state index is 12.3. The molecule has 2 rings (SSSR count). The number of hydrogen-bond donors (Lipinski definition) is 0. The molecule has 4 nitrogen and oxygen atoms in total. The predicted octanol–water partition coefficient (Wildman–Crippen LogP) is 2.71. The number of hydrogen-bond acceptors (Lipinski definition) is 3. The Morgan fingerprint density at radius 1 is 1.37 bits per heavy atom. The summed E-state index contributed by atoms with van der Waals surface area (Å²) in [5.74, 6) is -0.0990. The van der Waals surface area contributed by atoms with E-state index < -0.39 is 0 Å². The van der Waals surface area contributed by atoms with Gasteiger partial charge in [0.1, 0.15) is 5.15 Å². The quantitative estimate of drug-likeness (QED) is 0.809. The van der Waals surface area contributed by atoms with Crippen molar-refractivity contribution < 1.29 is 4.79 Å². The molecule has 0 aliphatic carbocycles. The van der Waals surface area contributed by atoms with Crippen molar-refractivity contribution >= 4 is 17.5 Å². The minimum Gasteiger partial charge on any atom is -0.336 e. The summed E-state index contributed by atoms with van der Waals surface area (Å²) in [6.07, 6.45) is 1.71. The molecule has 0 aliphatic rings. The van der Waals surface area contributed by atoms with Crippen LogP contribution in [0.4, 0.5) is 0 Å². The minimum absolute atomic E-state index is 0.0990. The lowest BCUT2D eigenvalue weighted by molar-refractivity contribution is 0.0783. The van der Waals surface area contributed by atoms with Crippen molar-refractivity contribution in [1.82, 2.24) is 14.9 Å². The number of nitrogens with zero attached hydrogens (tertiary/aromatic N) is 3. The van der Waals surface area contributed by atoms with E-state index >= 15 is 0 Å². The number of amides is 1. The molecule has 2 aromatic rings. The van der Waals surface area contributed by atoms with Crippen molar-refractivity contribution in [2.75, 3.05) is 7.05 Å². The van der Waals surface area contributed by atoms with Gasteiger partial charge in [-0.1, -0.05) is 17.7 Å². The second-order valence-corrected chi connectivity index (χ2v) is 4.69. The fourth-order valence-corrected chi connectivity index (χ4v) is 2.03. The van der Waals surface area contributed by atoms with Gasteiger partial charge in [-0.3, -0.25) is 9.78 Å². The van der Waals surface area contributed by atoms with Crippen LogP contribution >= 0.6 is 11.6 Å². The Morgan fingerprint density at radius 3 is 2.79 bits per heavy atom. The number of aryl methyl sites for hydroxylation is 1. The van der Waals surface area contributed by atoms with Crippen molar-refractivity contribution in [1.29, 1.82) is 0 Å². The van der Waals surface area contributed by atoms with Crippen LogP contribution in [0.3, 0.4) is 0 Å². The Morgan fingerprint density at radius 2 is 2.16 bits per heavy atom. The minimum atomic E-state index is -0.0990. The van der Waals surface area contributed by atoms with Gasteiger partial charge in [0.15, 0.2) is 0 Å². The summed E-state index contributed by atoms with van der Waals surface area (Å²) >= 11 is 5.86. The van der Waals surface area contributed by atoms with E-state index in [0.29, 0.717) is 17.3 Å². The van der Waals surface area contributed by atoms with Gasteiger partial charge in [-0.25, -0.2) is 4.98 Å². The molecular formula is C14H14ClN3O. The van der Waals surface area contributed by atoms with E-state index in [0.717, 1.165) is 11.4 Å². The third-order valence-corrected chi connectivity index (χ3v) is 2.83. The van der Waals surface area contributed by atoms with E-state index in [1.807, 2.05) is 18.2 Å². The highest BCUT2D eigenvalue weighted by Gasteiger charge is 2.13. The van der Waals surface area contributed by atoms with Crippen LogP contribution < -0.4 is 0 Å². The van der Waals surface area contributed by atoms with Gasteiger partial charge in [0, 0.05) is 24.5 Å². The standard InChI is InChI=1S/C14H14ClN3O/c1-10-7-11(8-13(15)17-10)14(19)18(2)9-12-5-3-4-6-16-12/h3-8H,9H2,1-2H3. The van der Waals surface area contributed by atoms with Crippen molar-refractivity contribution in [2.24, 2.45) is 0 Å². The summed E-state index contributed by atoms with van der Waals surface area (Å²) in [5.41, 5.74) is 2.10. The molecule has 2 aromatic heterocycles. The Hall–Kier alpha value is -1.94. The lowest BCUT2D eigenvalue weighted by atomic mass is 10.2. The van der Waals surface area contributed by atoms with Crippen LogP contribution in [0.2, 0.25) is 5.15 Å². The van der Waals surface area contributed by atoms with Crippen LogP contribution in [0, 0.1) is 6.92 Å². The maximum Gasteiger partial charge on any atom is 0.254 e. The molecule has 0 aliphatic heterocycles. The molecule has 2 heterocycles. The average Bonchev–Trinajstić information content (AvgIpc) is 2.37. The molecule has 0 aromatic carbocycles. The summed E-state index contributed by atoms with van der Waals surface area (Å²) in [6.45, 7) is 2.26. The summed E-state index contributed by atoms with van der Waals surface area (Å²) in [5, 5.41) is 0.328. The summed E-state index contributed by atoms with van der Waals surface area (Å²) < 4.78 is 0. The summed E-state index contributed by atoms with van der Waals surface area (Å²) in [7, 11) is 1.74. The molecule has 5 heteroatoms. The van der Waals surface area contributed by atoms with Crippen molar-refractivity contribution in [2.45, 2.75) is 13.5 Å². The van der Waals surface area contributed by atoms with Gasteiger partial charge in [0.25, 0.3) is 5.91 Å². The fourth-order valence-electron chi connectivity index (χ4n) is 1.78. The SMILES string of the molecule is Cc1cc(C(=O)N(C)Cc2ccccn2)cc(Cl)n1. The normalized spacial score (nSPS) is 10.3. The largest absolute Gasteiger partial charge is 0.336 e. The van der Waals surface area contributed by atoms with Gasteiger partial charge in [-0.2, -0.15) is 0 Å². The molecule has 0 atom stereocenters. The number of aromatic nitrogens is 2. The third-order valence-electron chi connectivity index (χ3n) is 2.64. The van der Waals surface area contributed by atoms with Gasteiger partial charge >= 0.3 is 0 Å². The molecule has 0 radical (unpaired) electrons. The second kappa shape index (κ2) is 5.80. The zero-order valence-electron chi connectivity index (χ0n) is 10.8. The Bertz CT molecular complexity index is 566. The van der Waals surface area contributed by atoms with Crippen molar-refractivity contribution in [3.8, 4) is 0 Å². The van der Waals surface area contributed by atoms with Crippen LogP contribution in [-0.4, -0.2) is 27.8 Å². The van der Waals surface area contributed by atoms with E-state index in [2.05, 4.69) is 9.97 Å². The molecule has 98 valence electrons. The molecule has 1 amide bonds. The molecular weight excluding hydrogens is 262 g/mol. The Balaban J connectivity index is 2.15. The van der Waals surface area contributed by atoms with Gasteiger partial charge < -0.3 is 4.90 Å². The first kappa shape index (κ1) is 13.5. The van der Waals surface area contributed by atoms with Gasteiger partial charge in [0.05, 0.1) is 12.2 Å². The topological polar surface area (TPSA) is 46.1 Å². The van der Waals surface area contributed by atoms with E-state index in [-0.39, 0.29) is 5.91 Å². The molecule has 0 spiro atoms. The number of pyridine rings is 2. The highest BCUT2D eigenvalue weighted by Crippen LogP contribution is 2.13. The highest BCUT2D eigenvalue weighted by atomic mass is 35.5. The van der Waals surface area contributed by atoms with Gasteiger partial charge in [-0.15, -0.1) is 0 Å². The van der Waals surface area contributed by atoms with E-state index in [1.54, 1.807) is 37.2 Å². The maximum absolute atomic E-state index is 12.3. The molecule has 0 N–H and O–H groups in total. The predicted molar refractivity (Wildman–Crippen MR) is 74.0 cm³/mol. The van der Waals surface area contributed by atoms with Crippen LogP contribution in [0.5, 0.6) is 0 Å². The number of carbonyl (C=O) groups is 1. The zero-order chi connectivity index (χ0) is 13.8. The van der Waals surface area contributed by atoms with E-state index in [1.165, 1.54) is 0 Å². The summed E-state index contributed by atoms with van der Waals surface area (Å²) in [4.78, 5) is 22.1. The van der Waals surface area contributed by atoms with Gasteiger partial charge in [0.2, 0.25) is 0 Å². The highest BCUT2D eigenvalue weighted by molar-refractivity contribution is 6.29. The Labute approximate surface area is 117 Å². The molecule has 0 saturated carbocycles. The third kappa shape index (κ3) is 3.51. The lowest BCUT2D eigenvalue weighted by Crippen LogP contribution is -2.26.